The summed E-state index contributed by atoms with van der Waals surface area (Å²) in [6.45, 7) is 4.49. The lowest BCUT2D eigenvalue weighted by molar-refractivity contribution is -0.129. The lowest BCUT2D eigenvalue weighted by Gasteiger charge is -2.34. The molecule has 8 nitrogen and oxygen atoms in total. The Morgan fingerprint density at radius 3 is 2.65 bits per heavy atom. The van der Waals surface area contributed by atoms with E-state index in [1.807, 2.05) is 34.5 Å². The van der Waals surface area contributed by atoms with Crippen LogP contribution in [0.3, 0.4) is 0 Å². The Bertz CT molecular complexity index is 1440. The highest BCUT2D eigenvalue weighted by Crippen LogP contribution is 2.44. The number of fused-ring (bicyclic) bond motifs is 3. The normalized spacial score (nSPS) is 18.8. The van der Waals surface area contributed by atoms with Crippen molar-refractivity contribution in [1.82, 2.24) is 14.8 Å². The molecule has 0 radical (unpaired) electrons. The molecular formula is C31H35N3O5S. The number of Topliss-reactive ketones (excluding diaryl/α,β-unsaturated/α-hetero) is 1. The van der Waals surface area contributed by atoms with E-state index in [9.17, 15) is 14.4 Å². The van der Waals surface area contributed by atoms with E-state index in [-0.39, 0.29) is 24.2 Å². The molecule has 4 heterocycles. The maximum Gasteiger partial charge on any atom is 0.341 e. The van der Waals surface area contributed by atoms with Crippen molar-refractivity contribution < 1.29 is 23.9 Å². The van der Waals surface area contributed by atoms with Crippen LogP contribution in [0.4, 0.5) is 0 Å². The number of hydrogen-bond donors (Lipinski definition) is 1. The van der Waals surface area contributed by atoms with Crippen molar-refractivity contribution >= 4 is 29.0 Å². The van der Waals surface area contributed by atoms with E-state index in [0.29, 0.717) is 43.1 Å². The number of carbonyl (C=O) groups excluding carboxylic acids is 3. The highest BCUT2D eigenvalue weighted by atomic mass is 32.1. The molecule has 1 N–H and O–H groups in total. The standard InChI is InChI=1S/C31H35N3O5S/c1-3-39-31(37)22-16-21-20(15-26(22)38-2)10-13-33-24(17-23(28(21)33)27-9-5-14-40-27)30(36)34-12-6-11-32-18-25(34)29(35)19-7-4-8-19/h5,9,14-17,19,25,32H,3-4,6-8,10-13,18H2,1-2H3. The van der Waals surface area contributed by atoms with E-state index in [2.05, 4.69) is 16.0 Å². The van der Waals surface area contributed by atoms with E-state index >= 15 is 0 Å². The molecule has 1 saturated carbocycles. The third kappa shape index (κ3) is 4.65. The predicted molar refractivity (Wildman–Crippen MR) is 154 cm³/mol. The van der Waals surface area contributed by atoms with E-state index in [1.165, 1.54) is 0 Å². The van der Waals surface area contributed by atoms with Gasteiger partial charge in [0.2, 0.25) is 0 Å². The van der Waals surface area contributed by atoms with Crippen LogP contribution in [-0.4, -0.2) is 66.5 Å². The van der Waals surface area contributed by atoms with Gasteiger partial charge in [-0.3, -0.25) is 9.59 Å². The Hall–Kier alpha value is -3.43. The lowest BCUT2D eigenvalue weighted by atomic mass is 9.79. The van der Waals surface area contributed by atoms with Crippen LogP contribution in [0.25, 0.3) is 21.7 Å². The second-order valence-electron chi connectivity index (χ2n) is 10.7. The molecule has 9 heteroatoms. The zero-order valence-corrected chi connectivity index (χ0v) is 23.9. The minimum atomic E-state index is -0.452. The van der Waals surface area contributed by atoms with Gasteiger partial charge in [0.1, 0.15) is 23.0 Å². The summed E-state index contributed by atoms with van der Waals surface area (Å²) < 4.78 is 13.0. The fourth-order valence-electron chi connectivity index (χ4n) is 6.18. The minimum Gasteiger partial charge on any atom is -0.496 e. The van der Waals surface area contributed by atoms with Crippen LogP contribution in [0.15, 0.2) is 35.7 Å². The first-order valence-corrected chi connectivity index (χ1v) is 15.1. The second-order valence-corrected chi connectivity index (χ2v) is 11.7. The molecule has 2 aromatic heterocycles. The van der Waals surface area contributed by atoms with Gasteiger partial charge in [-0.05, 0) is 74.4 Å². The predicted octanol–water partition coefficient (Wildman–Crippen LogP) is 4.80. The topological polar surface area (TPSA) is 89.9 Å². The molecule has 0 bridgehead atoms. The van der Waals surface area contributed by atoms with Crippen LogP contribution < -0.4 is 10.1 Å². The summed E-state index contributed by atoms with van der Waals surface area (Å²) >= 11 is 1.62. The van der Waals surface area contributed by atoms with Crippen molar-refractivity contribution in [2.24, 2.45) is 5.92 Å². The average molecular weight is 562 g/mol. The number of nitrogens with zero attached hydrogens (tertiary/aromatic N) is 2. The number of methoxy groups -OCH3 is 1. The van der Waals surface area contributed by atoms with Gasteiger partial charge >= 0.3 is 5.97 Å². The third-order valence-corrected chi connectivity index (χ3v) is 9.35. The second kappa shape index (κ2) is 11.2. The van der Waals surface area contributed by atoms with Gasteiger partial charge in [-0.1, -0.05) is 12.5 Å². The smallest absolute Gasteiger partial charge is 0.341 e. The fraction of sp³-hybridized carbons (Fsp3) is 0.452. The van der Waals surface area contributed by atoms with Crippen LogP contribution in [0.2, 0.25) is 0 Å². The summed E-state index contributed by atoms with van der Waals surface area (Å²) in [5.41, 5.74) is 4.78. The molecule has 3 aliphatic rings. The number of aromatic nitrogens is 1. The zero-order chi connectivity index (χ0) is 27.8. The van der Waals surface area contributed by atoms with Gasteiger partial charge in [0, 0.05) is 41.6 Å². The van der Waals surface area contributed by atoms with Crippen LogP contribution in [-0.2, 0) is 22.5 Å². The Morgan fingerprint density at radius 2 is 1.95 bits per heavy atom. The van der Waals surface area contributed by atoms with Crippen LogP contribution in [0.5, 0.6) is 5.75 Å². The summed E-state index contributed by atoms with van der Waals surface area (Å²) in [5, 5.41) is 5.41. The Morgan fingerprint density at radius 1 is 1.10 bits per heavy atom. The number of esters is 1. The number of rotatable bonds is 7. The first-order valence-electron chi connectivity index (χ1n) is 14.2. The van der Waals surface area contributed by atoms with E-state index in [4.69, 9.17) is 9.47 Å². The first-order chi connectivity index (χ1) is 19.5. The number of hydrogen-bond acceptors (Lipinski definition) is 7. The maximum absolute atomic E-state index is 14.4. The van der Waals surface area contributed by atoms with Gasteiger partial charge in [0.25, 0.3) is 5.91 Å². The molecule has 6 rings (SSSR count). The number of thiophene rings is 1. The molecule has 40 heavy (non-hydrogen) atoms. The van der Waals surface area contributed by atoms with Crippen molar-refractivity contribution in [1.29, 1.82) is 0 Å². The summed E-state index contributed by atoms with van der Waals surface area (Å²) in [4.78, 5) is 43.5. The molecule has 1 aliphatic carbocycles. The highest BCUT2D eigenvalue weighted by Gasteiger charge is 2.39. The number of ether oxygens (including phenoxy) is 2. The quantitative estimate of drug-likeness (QED) is 0.417. The molecule has 3 aromatic rings. The monoisotopic (exact) mass is 561 g/mol. The lowest BCUT2D eigenvalue weighted by Crippen LogP contribution is -2.51. The van der Waals surface area contributed by atoms with Crippen molar-refractivity contribution in [3.8, 4) is 27.4 Å². The van der Waals surface area contributed by atoms with E-state index < -0.39 is 12.0 Å². The van der Waals surface area contributed by atoms with Crippen LogP contribution in [0, 0.1) is 5.92 Å². The molecule has 1 unspecified atom stereocenters. The summed E-state index contributed by atoms with van der Waals surface area (Å²) in [6, 6.07) is 9.36. The SMILES string of the molecule is CCOC(=O)c1cc2c(cc1OC)CCn1c(C(=O)N3CCCNCC3C(=O)C3CCC3)cc(-c3cccs3)c1-2. The van der Waals surface area contributed by atoms with Crippen molar-refractivity contribution in [2.45, 2.75) is 51.6 Å². The molecule has 1 amide bonds. The molecule has 1 aromatic carbocycles. The number of nitrogens with one attached hydrogen (secondary N) is 1. The molecule has 2 aliphatic heterocycles. The number of amides is 1. The summed E-state index contributed by atoms with van der Waals surface area (Å²) in [5.74, 6) is 0.198. The number of aryl methyl sites for hydroxylation is 1. The number of carbonyl (C=O) groups is 3. The van der Waals surface area contributed by atoms with Crippen molar-refractivity contribution in [2.75, 3.05) is 33.4 Å². The summed E-state index contributed by atoms with van der Waals surface area (Å²) in [7, 11) is 1.56. The van der Waals surface area contributed by atoms with Gasteiger partial charge in [0.15, 0.2) is 5.78 Å². The molecule has 0 spiro atoms. The largest absolute Gasteiger partial charge is 0.496 e. The molecule has 2 fully saturated rings. The van der Waals surface area contributed by atoms with Gasteiger partial charge in [-0.15, -0.1) is 11.3 Å². The van der Waals surface area contributed by atoms with Crippen LogP contribution in [0.1, 0.15) is 59.0 Å². The molecular weight excluding hydrogens is 526 g/mol. The zero-order valence-electron chi connectivity index (χ0n) is 23.0. The van der Waals surface area contributed by atoms with Gasteiger partial charge in [-0.25, -0.2) is 4.79 Å². The third-order valence-electron chi connectivity index (χ3n) is 8.45. The Kier molecular flexibility index (Phi) is 7.51. The van der Waals surface area contributed by atoms with Crippen molar-refractivity contribution in [3.05, 3.63) is 52.5 Å². The van der Waals surface area contributed by atoms with E-state index in [0.717, 1.165) is 59.5 Å². The van der Waals surface area contributed by atoms with Gasteiger partial charge in [-0.2, -0.15) is 0 Å². The van der Waals surface area contributed by atoms with Crippen molar-refractivity contribution in [3.63, 3.8) is 0 Å². The average Bonchev–Trinajstić information content (AvgIpc) is 3.53. The maximum atomic E-state index is 14.4. The molecule has 210 valence electrons. The molecule has 1 atom stereocenters. The van der Waals surface area contributed by atoms with E-state index in [1.54, 1.807) is 25.4 Å². The number of ketones is 1. The molecule has 1 saturated heterocycles. The first kappa shape index (κ1) is 26.8. The highest BCUT2D eigenvalue weighted by molar-refractivity contribution is 7.13. The van der Waals surface area contributed by atoms with Crippen LogP contribution >= 0.6 is 11.3 Å². The fourth-order valence-corrected chi connectivity index (χ4v) is 6.92. The van der Waals surface area contributed by atoms with Gasteiger partial charge < -0.3 is 24.3 Å². The summed E-state index contributed by atoms with van der Waals surface area (Å²) in [6.07, 6.45) is 4.41. The van der Waals surface area contributed by atoms with Gasteiger partial charge in [0.05, 0.1) is 19.4 Å². The Labute approximate surface area is 238 Å². The minimum absolute atomic E-state index is 0.0614. The number of benzene rings is 1. The Balaban J connectivity index is 1.47.